The summed E-state index contributed by atoms with van der Waals surface area (Å²) < 4.78 is 77.0. The van der Waals surface area contributed by atoms with Crippen molar-refractivity contribution in [3.05, 3.63) is 39.9 Å². The maximum atomic E-state index is 13.0. The molecule has 1 amide bonds. The summed E-state index contributed by atoms with van der Waals surface area (Å²) >= 11 is 0. The number of aromatic nitrogens is 4. The molecule has 2 aliphatic rings. The number of rotatable bonds is 3. The van der Waals surface area contributed by atoms with Gasteiger partial charge in [0.25, 0.3) is 5.56 Å². The first-order valence-corrected chi connectivity index (χ1v) is 9.81. The number of nitrogens with one attached hydrogen (secondary N) is 1. The van der Waals surface area contributed by atoms with Crippen molar-refractivity contribution in [1.82, 2.24) is 25.1 Å². The van der Waals surface area contributed by atoms with E-state index in [0.29, 0.717) is 31.4 Å². The van der Waals surface area contributed by atoms with Gasteiger partial charge in [-0.2, -0.15) is 31.4 Å². The summed E-state index contributed by atoms with van der Waals surface area (Å²) in [5, 5.41) is 5.46. The fraction of sp³-hybridized carbons (Fsp3) is 0.500. The lowest BCUT2D eigenvalue weighted by Crippen LogP contribution is -2.60. The van der Waals surface area contributed by atoms with Gasteiger partial charge in [-0.3, -0.25) is 9.59 Å². The lowest BCUT2D eigenvalue weighted by atomic mass is 10.0. The molecule has 9 nitrogen and oxygen atoms in total. The predicted molar refractivity (Wildman–Crippen MR) is 101 cm³/mol. The van der Waals surface area contributed by atoms with Crippen molar-refractivity contribution in [3.63, 3.8) is 0 Å². The third-order valence-corrected chi connectivity index (χ3v) is 5.53. The highest BCUT2D eigenvalue weighted by Gasteiger charge is 2.41. The average Bonchev–Trinajstić information content (AvgIpc) is 2.73. The zero-order valence-corrected chi connectivity index (χ0v) is 16.8. The Morgan fingerprint density at radius 3 is 2.12 bits per heavy atom. The molecule has 15 heteroatoms. The van der Waals surface area contributed by atoms with Gasteiger partial charge in [-0.1, -0.05) is 0 Å². The number of H-pyrrole nitrogens is 1. The number of carbonyl (C=O) groups is 1. The summed E-state index contributed by atoms with van der Waals surface area (Å²) in [6, 6.07) is -0.101. The Balaban J connectivity index is 1.39. The Labute approximate surface area is 182 Å². The van der Waals surface area contributed by atoms with Crippen molar-refractivity contribution >= 4 is 17.7 Å². The third-order valence-electron chi connectivity index (χ3n) is 5.53. The van der Waals surface area contributed by atoms with E-state index in [0.717, 1.165) is 0 Å². The van der Waals surface area contributed by atoms with Crippen LogP contribution in [0.3, 0.4) is 0 Å². The van der Waals surface area contributed by atoms with Crippen LogP contribution in [-0.4, -0.2) is 69.7 Å². The van der Waals surface area contributed by atoms with Gasteiger partial charge in [0.1, 0.15) is 17.4 Å². The first-order chi connectivity index (χ1) is 15.4. The monoisotopic (exact) mass is 477 g/mol. The van der Waals surface area contributed by atoms with Gasteiger partial charge in [0, 0.05) is 51.2 Å². The lowest BCUT2D eigenvalue weighted by molar-refractivity contribution is -0.139. The van der Waals surface area contributed by atoms with Crippen molar-refractivity contribution < 1.29 is 31.1 Å². The van der Waals surface area contributed by atoms with E-state index in [1.807, 2.05) is 5.10 Å². The molecule has 0 saturated carbocycles. The summed E-state index contributed by atoms with van der Waals surface area (Å²) in [5.74, 6) is -0.350. The predicted octanol–water partition coefficient (Wildman–Crippen LogP) is 1.52. The van der Waals surface area contributed by atoms with E-state index < -0.39 is 35.1 Å². The molecule has 2 saturated heterocycles. The molecule has 0 bridgehead atoms. The standard InChI is InChI=1S/C18H17F6N7O2/c19-17(20,21)10-8-25-16(26-9-10)30-5-3-29(4-6-30)15(33)12-1-2-31(12)13-7-11(18(22,23)24)14(32)28-27-13/h7-9,12H,1-6H2,(H,28,32)/t12-/m0/s1. The number of hydrogen-bond acceptors (Lipinski definition) is 7. The van der Waals surface area contributed by atoms with Crippen molar-refractivity contribution in [1.29, 1.82) is 0 Å². The van der Waals surface area contributed by atoms with Gasteiger partial charge in [-0.15, -0.1) is 0 Å². The van der Waals surface area contributed by atoms with Gasteiger partial charge >= 0.3 is 12.4 Å². The van der Waals surface area contributed by atoms with Gasteiger partial charge in [-0.25, -0.2) is 15.1 Å². The van der Waals surface area contributed by atoms with Crippen LogP contribution in [-0.2, 0) is 17.1 Å². The van der Waals surface area contributed by atoms with E-state index in [4.69, 9.17) is 0 Å². The highest BCUT2D eigenvalue weighted by Crippen LogP contribution is 2.32. The second kappa shape index (κ2) is 8.19. The zero-order valence-electron chi connectivity index (χ0n) is 16.8. The van der Waals surface area contributed by atoms with Crippen LogP contribution in [0, 0.1) is 0 Å². The molecular formula is C18H17F6N7O2. The van der Waals surface area contributed by atoms with Gasteiger partial charge in [0.2, 0.25) is 11.9 Å². The first-order valence-electron chi connectivity index (χ1n) is 9.81. The summed E-state index contributed by atoms with van der Waals surface area (Å²) in [4.78, 5) is 36.4. The van der Waals surface area contributed by atoms with E-state index >= 15 is 0 Å². The first kappa shape index (κ1) is 22.8. The lowest BCUT2D eigenvalue weighted by Gasteiger charge is -2.44. The number of alkyl halides is 6. The van der Waals surface area contributed by atoms with Crippen LogP contribution >= 0.6 is 0 Å². The summed E-state index contributed by atoms with van der Waals surface area (Å²) in [6.07, 6.45) is -7.60. The number of halogens is 6. The van der Waals surface area contributed by atoms with Crippen LogP contribution < -0.4 is 15.4 Å². The normalized spacial score (nSPS) is 19.5. The summed E-state index contributed by atoms with van der Waals surface area (Å²) in [5.41, 5.74) is -3.72. The van der Waals surface area contributed by atoms with E-state index in [1.54, 1.807) is 4.90 Å². The number of piperazine rings is 1. The SMILES string of the molecule is O=C([C@@H]1CCN1c1cc(C(F)(F)F)c(=O)[nH]n1)N1CCN(c2ncc(C(F)(F)F)cn2)CC1. The molecule has 4 heterocycles. The molecule has 1 atom stereocenters. The summed E-state index contributed by atoms with van der Waals surface area (Å²) in [7, 11) is 0. The summed E-state index contributed by atoms with van der Waals surface area (Å²) in [6.45, 7) is 1.32. The minimum Gasteiger partial charge on any atom is -0.343 e. The fourth-order valence-electron chi connectivity index (χ4n) is 3.64. The average molecular weight is 477 g/mol. The molecule has 1 N–H and O–H groups in total. The fourth-order valence-corrected chi connectivity index (χ4v) is 3.64. The molecule has 2 fully saturated rings. The van der Waals surface area contributed by atoms with Crippen LogP contribution in [0.4, 0.5) is 38.1 Å². The maximum Gasteiger partial charge on any atom is 0.421 e. The van der Waals surface area contributed by atoms with Crippen molar-refractivity contribution in [2.75, 3.05) is 42.5 Å². The van der Waals surface area contributed by atoms with Crippen molar-refractivity contribution in [2.45, 2.75) is 24.8 Å². The molecule has 33 heavy (non-hydrogen) atoms. The Morgan fingerprint density at radius 1 is 0.970 bits per heavy atom. The minimum absolute atomic E-state index is 0.109. The molecule has 2 aromatic heterocycles. The topological polar surface area (TPSA) is 98.3 Å². The highest BCUT2D eigenvalue weighted by molar-refractivity contribution is 5.87. The molecular weight excluding hydrogens is 460 g/mol. The van der Waals surface area contributed by atoms with Crippen LogP contribution in [0.5, 0.6) is 0 Å². The number of amides is 1. The van der Waals surface area contributed by atoms with E-state index in [-0.39, 0.29) is 43.9 Å². The van der Waals surface area contributed by atoms with E-state index in [9.17, 15) is 35.9 Å². The molecule has 0 unspecified atom stereocenters. The van der Waals surface area contributed by atoms with Crippen LogP contribution in [0.25, 0.3) is 0 Å². The zero-order chi connectivity index (χ0) is 24.0. The minimum atomic E-state index is -4.85. The Kier molecular flexibility index (Phi) is 5.66. The van der Waals surface area contributed by atoms with Crippen LogP contribution in [0.15, 0.2) is 23.3 Å². The molecule has 0 aromatic carbocycles. The third kappa shape index (κ3) is 4.57. The molecule has 0 spiro atoms. The van der Waals surface area contributed by atoms with E-state index in [1.165, 1.54) is 9.80 Å². The second-order valence-corrected chi connectivity index (χ2v) is 7.55. The molecule has 0 radical (unpaired) electrons. The van der Waals surface area contributed by atoms with Crippen molar-refractivity contribution in [3.8, 4) is 0 Å². The van der Waals surface area contributed by atoms with Crippen LogP contribution in [0.1, 0.15) is 17.5 Å². The highest BCUT2D eigenvalue weighted by atomic mass is 19.4. The molecule has 178 valence electrons. The van der Waals surface area contributed by atoms with Crippen molar-refractivity contribution in [2.24, 2.45) is 0 Å². The Hall–Kier alpha value is -3.39. The quantitative estimate of drug-likeness (QED) is 0.670. The Morgan fingerprint density at radius 2 is 1.61 bits per heavy atom. The second-order valence-electron chi connectivity index (χ2n) is 7.55. The molecule has 4 rings (SSSR count). The number of aromatic amines is 1. The molecule has 2 aromatic rings. The maximum absolute atomic E-state index is 13.0. The molecule has 0 aliphatic carbocycles. The van der Waals surface area contributed by atoms with Gasteiger partial charge in [0.05, 0.1) is 5.56 Å². The Bertz CT molecular complexity index is 1080. The number of nitrogens with zero attached hydrogens (tertiary/aromatic N) is 6. The van der Waals surface area contributed by atoms with Crippen LogP contribution in [0.2, 0.25) is 0 Å². The van der Waals surface area contributed by atoms with Gasteiger partial charge in [0.15, 0.2) is 0 Å². The number of carbonyl (C=O) groups excluding carboxylic acids is 1. The molecule has 2 aliphatic heterocycles. The van der Waals surface area contributed by atoms with E-state index in [2.05, 4.69) is 15.1 Å². The largest absolute Gasteiger partial charge is 0.421 e. The van der Waals surface area contributed by atoms with Gasteiger partial charge < -0.3 is 14.7 Å². The smallest absolute Gasteiger partial charge is 0.343 e. The number of hydrogen-bond donors (Lipinski definition) is 1. The number of anilines is 2. The van der Waals surface area contributed by atoms with Gasteiger partial charge in [-0.05, 0) is 6.42 Å².